The van der Waals surface area contributed by atoms with E-state index in [0.717, 1.165) is 55.5 Å². The first-order chi connectivity index (χ1) is 14.6. The highest BCUT2D eigenvalue weighted by molar-refractivity contribution is 5.78. The van der Waals surface area contributed by atoms with Crippen molar-refractivity contribution in [2.45, 2.75) is 58.4 Å². The van der Waals surface area contributed by atoms with Crippen LogP contribution in [0.1, 0.15) is 56.0 Å². The number of anilines is 1. The molecule has 0 saturated carbocycles. The predicted octanol–water partition coefficient (Wildman–Crippen LogP) is 3.99. The molecule has 7 nitrogen and oxygen atoms in total. The van der Waals surface area contributed by atoms with Gasteiger partial charge in [0.2, 0.25) is 0 Å². The number of Topliss-reactive ketones (excluding diaryl/α,β-unsaturated/α-hetero) is 1. The van der Waals surface area contributed by atoms with Crippen LogP contribution < -0.4 is 5.73 Å². The van der Waals surface area contributed by atoms with Crippen LogP contribution in [0.25, 0.3) is 6.08 Å². The van der Waals surface area contributed by atoms with Crippen molar-refractivity contribution in [1.82, 2.24) is 25.0 Å². The summed E-state index contributed by atoms with van der Waals surface area (Å²) in [7, 11) is 0. The van der Waals surface area contributed by atoms with Gasteiger partial charge in [-0.15, -0.1) is 5.10 Å². The Bertz CT molecular complexity index is 957. The second-order valence-electron chi connectivity index (χ2n) is 7.70. The van der Waals surface area contributed by atoms with Crippen molar-refractivity contribution in [3.63, 3.8) is 0 Å². The van der Waals surface area contributed by atoms with E-state index in [1.54, 1.807) is 10.9 Å². The van der Waals surface area contributed by atoms with Gasteiger partial charge in [0.15, 0.2) is 11.7 Å². The van der Waals surface area contributed by atoms with E-state index in [2.05, 4.69) is 45.4 Å². The molecule has 1 aromatic carbocycles. The second-order valence-corrected chi connectivity index (χ2v) is 7.70. The maximum absolute atomic E-state index is 12.3. The normalized spacial score (nSPS) is 11.7. The summed E-state index contributed by atoms with van der Waals surface area (Å²) in [5.74, 6) is 0.643. The number of imidazole rings is 1. The summed E-state index contributed by atoms with van der Waals surface area (Å²) < 4.78 is 1.65. The number of nitrogens with two attached hydrogens (primary N) is 1. The lowest BCUT2D eigenvalue weighted by atomic mass is 10.1. The van der Waals surface area contributed by atoms with Gasteiger partial charge in [-0.1, -0.05) is 53.6 Å². The number of aryl methyl sites for hydroxylation is 2. The lowest BCUT2D eigenvalue weighted by Crippen LogP contribution is -2.10. The topological polar surface area (TPSA) is 102 Å². The van der Waals surface area contributed by atoms with Crippen molar-refractivity contribution < 1.29 is 4.79 Å². The molecule has 2 aromatic heterocycles. The Morgan fingerprint density at radius 3 is 2.70 bits per heavy atom. The number of hydrogen-bond acceptors (Lipinski definition) is 5. The summed E-state index contributed by atoms with van der Waals surface area (Å²) in [6.45, 7) is 2.35. The number of carbonyl (C=O) groups excluding carboxylic acids is 1. The van der Waals surface area contributed by atoms with Gasteiger partial charge in [-0.2, -0.15) is 0 Å². The average Bonchev–Trinajstić information content (AvgIpc) is 3.35. The lowest BCUT2D eigenvalue weighted by molar-refractivity contribution is -0.119. The van der Waals surface area contributed by atoms with Crippen LogP contribution in [0.3, 0.4) is 0 Å². The van der Waals surface area contributed by atoms with Crippen LogP contribution >= 0.6 is 0 Å². The SMILES string of the molecule is C/C(=C\c1ccccc1)CCC(=O)Cn1cc(CCCCCc2cnc(N)[nH]2)nn1. The van der Waals surface area contributed by atoms with Crippen LogP contribution in [-0.4, -0.2) is 30.7 Å². The number of H-pyrrole nitrogens is 1. The molecule has 0 saturated heterocycles. The Kier molecular flexibility index (Phi) is 7.94. The van der Waals surface area contributed by atoms with E-state index in [9.17, 15) is 4.79 Å². The van der Waals surface area contributed by atoms with Crippen molar-refractivity contribution in [1.29, 1.82) is 0 Å². The van der Waals surface area contributed by atoms with E-state index in [1.165, 1.54) is 5.57 Å². The maximum atomic E-state index is 12.3. The number of carbonyl (C=O) groups is 1. The molecular formula is C23H30N6O. The van der Waals surface area contributed by atoms with E-state index >= 15 is 0 Å². The number of hydrogen-bond donors (Lipinski definition) is 2. The molecule has 0 atom stereocenters. The third kappa shape index (κ3) is 7.31. The molecule has 0 spiro atoms. The fourth-order valence-corrected chi connectivity index (χ4v) is 3.33. The van der Waals surface area contributed by atoms with Gasteiger partial charge in [-0.05, 0) is 44.6 Å². The molecule has 0 fully saturated rings. The fraction of sp³-hybridized carbons (Fsp3) is 0.391. The number of benzene rings is 1. The summed E-state index contributed by atoms with van der Waals surface area (Å²) in [5.41, 5.74) is 9.95. The highest BCUT2D eigenvalue weighted by atomic mass is 16.1. The molecule has 30 heavy (non-hydrogen) atoms. The minimum absolute atomic E-state index is 0.172. The van der Waals surface area contributed by atoms with Crippen LogP contribution in [0.2, 0.25) is 0 Å². The Morgan fingerprint density at radius 1 is 1.13 bits per heavy atom. The smallest absolute Gasteiger partial charge is 0.197 e. The zero-order valence-electron chi connectivity index (χ0n) is 17.6. The molecule has 3 rings (SSSR count). The van der Waals surface area contributed by atoms with E-state index in [-0.39, 0.29) is 12.3 Å². The number of aromatic amines is 1. The number of aromatic nitrogens is 5. The van der Waals surface area contributed by atoms with Crippen LogP contribution in [0.5, 0.6) is 0 Å². The highest BCUT2D eigenvalue weighted by Gasteiger charge is 2.07. The number of nitrogens with one attached hydrogen (secondary N) is 1. The molecule has 2 heterocycles. The van der Waals surface area contributed by atoms with E-state index in [1.807, 2.05) is 24.4 Å². The second kappa shape index (κ2) is 11.1. The van der Waals surface area contributed by atoms with Gasteiger partial charge in [0.1, 0.15) is 6.54 Å². The Balaban J connectivity index is 1.33. The minimum Gasteiger partial charge on any atom is -0.369 e. The Morgan fingerprint density at radius 2 is 1.93 bits per heavy atom. The number of rotatable bonds is 12. The van der Waals surface area contributed by atoms with Crippen LogP contribution in [-0.2, 0) is 24.2 Å². The molecule has 7 heteroatoms. The number of allylic oxidation sites excluding steroid dienone is 1. The van der Waals surface area contributed by atoms with Gasteiger partial charge < -0.3 is 10.7 Å². The molecule has 0 aliphatic rings. The fourth-order valence-electron chi connectivity index (χ4n) is 3.33. The molecule has 3 N–H and O–H groups in total. The summed E-state index contributed by atoms with van der Waals surface area (Å²) >= 11 is 0. The van der Waals surface area contributed by atoms with Crippen molar-refractivity contribution >= 4 is 17.8 Å². The van der Waals surface area contributed by atoms with Crippen LogP contribution in [0.15, 0.2) is 48.3 Å². The third-order valence-electron chi connectivity index (χ3n) is 4.96. The molecule has 3 aromatic rings. The molecule has 0 aliphatic carbocycles. The minimum atomic E-state index is 0.172. The highest BCUT2D eigenvalue weighted by Crippen LogP contribution is 2.12. The largest absolute Gasteiger partial charge is 0.369 e. The van der Waals surface area contributed by atoms with Gasteiger partial charge in [-0.25, -0.2) is 9.67 Å². The van der Waals surface area contributed by atoms with Gasteiger partial charge in [0, 0.05) is 18.3 Å². The number of nitrogen functional groups attached to an aromatic ring is 1. The summed E-state index contributed by atoms with van der Waals surface area (Å²) in [6.07, 6.45) is 12.1. The molecular weight excluding hydrogens is 376 g/mol. The zero-order valence-corrected chi connectivity index (χ0v) is 17.6. The number of unbranched alkanes of at least 4 members (excludes halogenated alkanes) is 2. The number of nitrogens with zero attached hydrogens (tertiary/aromatic N) is 4. The lowest BCUT2D eigenvalue weighted by Gasteiger charge is -2.02. The van der Waals surface area contributed by atoms with Crippen molar-refractivity contribution in [3.05, 3.63) is 65.2 Å². The van der Waals surface area contributed by atoms with E-state index < -0.39 is 0 Å². The molecule has 0 radical (unpaired) electrons. The van der Waals surface area contributed by atoms with Gasteiger partial charge in [0.05, 0.1) is 11.9 Å². The quantitative estimate of drug-likeness (QED) is 0.443. The molecule has 0 unspecified atom stereocenters. The van der Waals surface area contributed by atoms with Crippen LogP contribution in [0.4, 0.5) is 5.95 Å². The van der Waals surface area contributed by atoms with Crippen molar-refractivity contribution in [3.8, 4) is 0 Å². The first kappa shape index (κ1) is 21.5. The summed E-state index contributed by atoms with van der Waals surface area (Å²) in [6, 6.07) is 10.2. The first-order valence-corrected chi connectivity index (χ1v) is 10.5. The predicted molar refractivity (Wildman–Crippen MR) is 119 cm³/mol. The standard InChI is InChI=1S/C23H30N6O/c1-18(14-19-8-4-2-5-9-19)12-13-22(30)17-29-16-21(27-28-29)11-7-3-6-10-20-15-25-23(24)26-20/h2,4-5,8-9,14-16H,3,6-7,10-13,17H2,1H3,(H3,24,25,26)/b18-14+. The first-order valence-electron chi connectivity index (χ1n) is 10.5. The monoisotopic (exact) mass is 406 g/mol. The van der Waals surface area contributed by atoms with Crippen molar-refractivity contribution in [2.24, 2.45) is 0 Å². The van der Waals surface area contributed by atoms with E-state index in [0.29, 0.717) is 12.4 Å². The van der Waals surface area contributed by atoms with Gasteiger partial charge in [0.25, 0.3) is 0 Å². The number of ketones is 1. The molecule has 0 bridgehead atoms. The van der Waals surface area contributed by atoms with E-state index in [4.69, 9.17) is 5.73 Å². The van der Waals surface area contributed by atoms with Gasteiger partial charge >= 0.3 is 0 Å². The molecule has 158 valence electrons. The summed E-state index contributed by atoms with van der Waals surface area (Å²) in [5, 5.41) is 8.30. The zero-order chi connectivity index (χ0) is 21.2. The molecule has 0 amide bonds. The molecule has 0 aliphatic heterocycles. The third-order valence-corrected chi connectivity index (χ3v) is 4.96. The Hall–Kier alpha value is -3.22. The summed E-state index contributed by atoms with van der Waals surface area (Å²) in [4.78, 5) is 19.3. The van der Waals surface area contributed by atoms with Crippen LogP contribution in [0, 0.1) is 0 Å². The van der Waals surface area contributed by atoms with Gasteiger partial charge in [-0.3, -0.25) is 4.79 Å². The van der Waals surface area contributed by atoms with Crippen molar-refractivity contribution in [2.75, 3.05) is 5.73 Å². The average molecular weight is 407 g/mol. The maximum Gasteiger partial charge on any atom is 0.197 e. The Labute approximate surface area is 177 Å².